The molecule has 1 atom stereocenters. The van der Waals surface area contributed by atoms with E-state index in [0.717, 1.165) is 48.3 Å². The molecule has 4 N–H and O–H groups in total. The van der Waals surface area contributed by atoms with Gasteiger partial charge in [-0.05, 0) is 36.2 Å². The molecule has 0 radical (unpaired) electrons. The topological polar surface area (TPSA) is 109 Å². The minimum Gasteiger partial charge on any atom is -0.478 e. The summed E-state index contributed by atoms with van der Waals surface area (Å²) in [4.78, 5) is 35.4. The number of nitrogens with two attached hydrogens (primary N) is 1. The van der Waals surface area contributed by atoms with Gasteiger partial charge < -0.3 is 16.2 Å². The Hall–Kier alpha value is -2.15. The van der Waals surface area contributed by atoms with Crippen LogP contribution in [-0.4, -0.2) is 22.9 Å². The third-order valence-electron chi connectivity index (χ3n) is 5.14. The molecule has 1 unspecified atom stereocenters. The second-order valence-electron chi connectivity index (χ2n) is 7.01. The van der Waals surface area contributed by atoms with Crippen molar-refractivity contribution in [1.82, 2.24) is 0 Å². The summed E-state index contributed by atoms with van der Waals surface area (Å²) in [6, 6.07) is 0. The van der Waals surface area contributed by atoms with Gasteiger partial charge in [0.1, 0.15) is 5.00 Å². The highest BCUT2D eigenvalue weighted by molar-refractivity contribution is 7.17. The highest BCUT2D eigenvalue weighted by Crippen LogP contribution is 2.45. The molecule has 1 aliphatic carbocycles. The number of primary amides is 1. The van der Waals surface area contributed by atoms with Gasteiger partial charge in [-0.15, -0.1) is 11.3 Å². The first-order valence-electron chi connectivity index (χ1n) is 8.32. The maximum absolute atomic E-state index is 11.9. The van der Waals surface area contributed by atoms with E-state index >= 15 is 0 Å². The summed E-state index contributed by atoms with van der Waals surface area (Å²) in [5.41, 5.74) is 7.04. The molecule has 1 aromatic heterocycles. The first-order valence-corrected chi connectivity index (χ1v) is 9.13. The van der Waals surface area contributed by atoms with Crippen molar-refractivity contribution in [3.8, 4) is 0 Å². The summed E-state index contributed by atoms with van der Waals surface area (Å²) in [6.45, 7) is 6.69. The normalized spacial score (nSPS) is 17.3. The van der Waals surface area contributed by atoms with Crippen molar-refractivity contribution in [2.45, 2.75) is 46.5 Å². The van der Waals surface area contributed by atoms with Crippen LogP contribution in [0.3, 0.4) is 0 Å². The number of amides is 2. The van der Waals surface area contributed by atoms with Crippen LogP contribution in [0, 0.1) is 11.3 Å². The molecule has 0 saturated carbocycles. The van der Waals surface area contributed by atoms with Gasteiger partial charge >= 0.3 is 5.97 Å². The average Bonchev–Trinajstić information content (AvgIpc) is 2.89. The van der Waals surface area contributed by atoms with Gasteiger partial charge in [-0.2, -0.15) is 0 Å². The van der Waals surface area contributed by atoms with Crippen LogP contribution in [0.1, 0.15) is 54.4 Å². The van der Waals surface area contributed by atoms with Crippen LogP contribution < -0.4 is 11.1 Å². The molecular weight excluding hydrogens is 340 g/mol. The summed E-state index contributed by atoms with van der Waals surface area (Å²) < 4.78 is 0. The van der Waals surface area contributed by atoms with Gasteiger partial charge in [0, 0.05) is 17.0 Å². The van der Waals surface area contributed by atoms with Crippen LogP contribution >= 0.6 is 11.3 Å². The maximum atomic E-state index is 11.9. The number of carbonyl (C=O) groups is 3. The van der Waals surface area contributed by atoms with Crippen LogP contribution in [0.2, 0.25) is 0 Å². The smallest absolute Gasteiger partial charge is 0.328 e. The molecule has 1 aromatic rings. The van der Waals surface area contributed by atoms with E-state index in [1.165, 1.54) is 11.3 Å². The first kappa shape index (κ1) is 19.2. The Morgan fingerprint density at radius 2 is 2.04 bits per heavy atom. The number of aliphatic carboxylic acids is 1. The number of carboxylic acids is 1. The molecule has 0 fully saturated rings. The number of hydrogen-bond acceptors (Lipinski definition) is 4. The predicted molar refractivity (Wildman–Crippen MR) is 97.8 cm³/mol. The highest BCUT2D eigenvalue weighted by Gasteiger charge is 2.34. The van der Waals surface area contributed by atoms with Crippen molar-refractivity contribution < 1.29 is 19.5 Å². The lowest BCUT2D eigenvalue weighted by Crippen LogP contribution is -2.29. The maximum Gasteiger partial charge on any atom is 0.328 e. The molecule has 0 aromatic carbocycles. The van der Waals surface area contributed by atoms with Gasteiger partial charge in [0.2, 0.25) is 5.91 Å². The molecule has 0 saturated heterocycles. The van der Waals surface area contributed by atoms with Crippen LogP contribution in [0.25, 0.3) is 0 Å². The van der Waals surface area contributed by atoms with Crippen molar-refractivity contribution >= 4 is 34.1 Å². The van der Waals surface area contributed by atoms with Crippen LogP contribution in [0.15, 0.2) is 12.2 Å². The quantitative estimate of drug-likeness (QED) is 0.674. The van der Waals surface area contributed by atoms with Gasteiger partial charge in [-0.25, -0.2) is 4.79 Å². The Labute approximate surface area is 151 Å². The fraction of sp³-hybridized carbons (Fsp3) is 0.500. The zero-order valence-corrected chi connectivity index (χ0v) is 15.5. The Morgan fingerprint density at radius 1 is 1.36 bits per heavy atom. The number of rotatable bonds is 6. The van der Waals surface area contributed by atoms with E-state index in [9.17, 15) is 14.4 Å². The Balaban J connectivity index is 2.30. The third-order valence-corrected chi connectivity index (χ3v) is 6.31. The van der Waals surface area contributed by atoms with E-state index in [4.69, 9.17) is 10.8 Å². The van der Waals surface area contributed by atoms with Crippen molar-refractivity contribution in [2.24, 2.45) is 17.1 Å². The van der Waals surface area contributed by atoms with Gasteiger partial charge in [0.05, 0.1) is 5.56 Å². The molecule has 6 nitrogen and oxygen atoms in total. The minimum atomic E-state index is -1.21. The lowest BCUT2D eigenvalue weighted by molar-refractivity contribution is -0.131. The lowest BCUT2D eigenvalue weighted by atomic mass is 9.69. The number of carboxylic acid groups (broad SMARTS) is 1. The summed E-state index contributed by atoms with van der Waals surface area (Å²) in [6.07, 6.45) is 5.37. The van der Waals surface area contributed by atoms with E-state index in [0.29, 0.717) is 16.5 Å². The predicted octanol–water partition coefficient (Wildman–Crippen LogP) is 2.97. The van der Waals surface area contributed by atoms with Gasteiger partial charge in [0.15, 0.2) is 0 Å². The zero-order valence-electron chi connectivity index (χ0n) is 14.7. The molecular formula is C18H24N2O4S. The molecule has 7 heteroatoms. The summed E-state index contributed by atoms with van der Waals surface area (Å²) in [7, 11) is 0. The zero-order chi connectivity index (χ0) is 18.8. The molecule has 2 rings (SSSR count). The molecule has 136 valence electrons. The van der Waals surface area contributed by atoms with Crippen molar-refractivity contribution in [2.75, 3.05) is 5.32 Å². The van der Waals surface area contributed by atoms with Crippen LogP contribution in [0.4, 0.5) is 5.00 Å². The second kappa shape index (κ2) is 7.39. The minimum absolute atomic E-state index is 0.211. The third kappa shape index (κ3) is 4.28. The summed E-state index contributed by atoms with van der Waals surface area (Å²) >= 11 is 1.37. The van der Waals surface area contributed by atoms with E-state index in [-0.39, 0.29) is 5.41 Å². The summed E-state index contributed by atoms with van der Waals surface area (Å²) in [5.74, 6) is -1.85. The van der Waals surface area contributed by atoms with E-state index in [2.05, 4.69) is 26.1 Å². The molecule has 1 aliphatic rings. The molecule has 1 heterocycles. The Kier molecular flexibility index (Phi) is 5.67. The average molecular weight is 364 g/mol. The number of fused-ring (bicyclic) bond motifs is 1. The Bertz CT molecular complexity index is 734. The fourth-order valence-corrected chi connectivity index (χ4v) is 4.53. The number of nitrogens with one attached hydrogen (secondary N) is 1. The fourth-order valence-electron chi connectivity index (χ4n) is 3.19. The number of thiophene rings is 1. The molecule has 25 heavy (non-hydrogen) atoms. The van der Waals surface area contributed by atoms with Gasteiger partial charge in [-0.3, -0.25) is 9.59 Å². The van der Waals surface area contributed by atoms with Crippen molar-refractivity contribution in [1.29, 1.82) is 0 Å². The molecule has 0 spiro atoms. The molecule has 0 aliphatic heterocycles. The van der Waals surface area contributed by atoms with Crippen molar-refractivity contribution in [3.63, 3.8) is 0 Å². The monoisotopic (exact) mass is 364 g/mol. The standard InChI is InChI=1S/C18H24N2O4S/c1-4-18(2,3)10-5-6-11-12(9-10)25-17(15(11)16(19)24)20-13(21)7-8-14(22)23/h7-8,10H,4-6,9H2,1-3H3,(H2,19,24)(H,20,21)(H,22,23)/b8-7+. The van der Waals surface area contributed by atoms with Gasteiger partial charge in [-0.1, -0.05) is 27.2 Å². The number of carbonyl (C=O) groups excluding carboxylic acids is 2. The molecule has 2 amide bonds. The molecule has 0 bridgehead atoms. The number of hydrogen-bond donors (Lipinski definition) is 3. The van der Waals surface area contributed by atoms with E-state index in [1.807, 2.05) is 0 Å². The first-order chi connectivity index (χ1) is 11.7. The highest BCUT2D eigenvalue weighted by atomic mass is 32.1. The van der Waals surface area contributed by atoms with Crippen LogP contribution in [0.5, 0.6) is 0 Å². The Morgan fingerprint density at radius 3 is 2.60 bits per heavy atom. The lowest BCUT2D eigenvalue weighted by Gasteiger charge is -2.36. The number of anilines is 1. The largest absolute Gasteiger partial charge is 0.478 e. The van der Waals surface area contributed by atoms with Crippen LogP contribution in [-0.2, 0) is 22.4 Å². The van der Waals surface area contributed by atoms with Crippen molar-refractivity contribution in [3.05, 3.63) is 28.2 Å². The summed E-state index contributed by atoms with van der Waals surface area (Å²) in [5, 5.41) is 11.6. The van der Waals surface area contributed by atoms with Gasteiger partial charge in [0.25, 0.3) is 5.91 Å². The van der Waals surface area contributed by atoms with E-state index < -0.39 is 17.8 Å². The van der Waals surface area contributed by atoms with E-state index in [1.54, 1.807) is 0 Å². The SMILES string of the molecule is CCC(C)(C)C1CCc2c(sc(NC(=O)/C=C/C(=O)O)c2C(N)=O)C1. The second-order valence-corrected chi connectivity index (χ2v) is 8.12.